The molecule has 0 aromatic heterocycles. The largest absolute Gasteiger partial charge is 0.480 e. The molecule has 1 atom stereocenters. The summed E-state index contributed by atoms with van der Waals surface area (Å²) in [6.07, 6.45) is 0.212. The lowest BCUT2D eigenvalue weighted by atomic mass is 10.1. The second kappa shape index (κ2) is 6.33. The Morgan fingerprint density at radius 1 is 1.50 bits per heavy atom. The number of hydrogen-bond acceptors (Lipinski definition) is 4. The number of rotatable bonds is 5. The van der Waals surface area contributed by atoms with Crippen LogP contribution in [-0.4, -0.2) is 39.9 Å². The minimum atomic E-state index is -1.15. The van der Waals surface area contributed by atoms with Gasteiger partial charge in [-0.05, 0) is 12.5 Å². The number of benzene rings is 1. The molecule has 0 spiro atoms. The minimum absolute atomic E-state index is 0.0349. The second-order valence-electron chi connectivity index (χ2n) is 4.10. The summed E-state index contributed by atoms with van der Waals surface area (Å²) in [6, 6.07) is 2.43. The van der Waals surface area contributed by atoms with Gasteiger partial charge in [-0.2, -0.15) is 0 Å². The Kier molecular flexibility index (Phi) is 5.04. The molecule has 1 rings (SSSR count). The van der Waals surface area contributed by atoms with Crippen LogP contribution in [0.15, 0.2) is 18.2 Å². The van der Waals surface area contributed by atoms with Crippen LogP contribution >= 0.6 is 11.6 Å². The van der Waals surface area contributed by atoms with Gasteiger partial charge < -0.3 is 10.0 Å². The van der Waals surface area contributed by atoms with Crippen molar-refractivity contribution in [2.75, 3.05) is 7.05 Å². The summed E-state index contributed by atoms with van der Waals surface area (Å²) >= 11 is 5.85. The number of carboxylic acids is 1. The van der Waals surface area contributed by atoms with Gasteiger partial charge in [0.2, 0.25) is 0 Å². The van der Waals surface area contributed by atoms with Gasteiger partial charge in [0.05, 0.1) is 15.5 Å². The van der Waals surface area contributed by atoms with Gasteiger partial charge in [0.1, 0.15) is 6.04 Å². The molecule has 0 bridgehead atoms. The van der Waals surface area contributed by atoms with Crippen LogP contribution in [0.3, 0.4) is 0 Å². The van der Waals surface area contributed by atoms with Crippen molar-refractivity contribution in [3.8, 4) is 0 Å². The Bertz CT molecular complexity index is 561. The lowest BCUT2D eigenvalue weighted by Crippen LogP contribution is -2.42. The summed E-state index contributed by atoms with van der Waals surface area (Å²) in [5.74, 6) is -1.82. The number of nitrogens with zero attached hydrogens (tertiary/aromatic N) is 2. The molecule has 0 saturated carbocycles. The van der Waals surface area contributed by atoms with E-state index in [-0.39, 0.29) is 22.7 Å². The van der Waals surface area contributed by atoms with Gasteiger partial charge in [-0.1, -0.05) is 18.5 Å². The minimum Gasteiger partial charge on any atom is -0.480 e. The zero-order chi connectivity index (χ0) is 15.4. The van der Waals surface area contributed by atoms with Crippen LogP contribution < -0.4 is 0 Å². The van der Waals surface area contributed by atoms with Gasteiger partial charge in [0.15, 0.2) is 0 Å². The molecular weight excluding hydrogens is 288 g/mol. The third-order valence-electron chi connectivity index (χ3n) is 2.85. The fourth-order valence-corrected chi connectivity index (χ4v) is 1.93. The van der Waals surface area contributed by atoms with Gasteiger partial charge >= 0.3 is 5.97 Å². The molecular formula is C12H13ClN2O5. The first-order valence-electron chi connectivity index (χ1n) is 5.73. The number of nitro benzene ring substituents is 1. The normalized spacial score (nSPS) is 11.8. The lowest BCUT2D eigenvalue weighted by molar-refractivity contribution is -0.384. The van der Waals surface area contributed by atoms with Crippen LogP contribution in [0.25, 0.3) is 0 Å². The van der Waals surface area contributed by atoms with Crippen LogP contribution in [0.2, 0.25) is 5.02 Å². The van der Waals surface area contributed by atoms with Crippen LogP contribution in [0.5, 0.6) is 0 Å². The lowest BCUT2D eigenvalue weighted by Gasteiger charge is -2.24. The number of likely N-dealkylation sites (N-methyl/N-ethyl adjacent to an activating group) is 1. The van der Waals surface area contributed by atoms with Crippen LogP contribution in [0, 0.1) is 10.1 Å². The van der Waals surface area contributed by atoms with Crippen molar-refractivity contribution in [3.63, 3.8) is 0 Å². The maximum absolute atomic E-state index is 12.2. The highest BCUT2D eigenvalue weighted by Gasteiger charge is 2.27. The molecule has 8 heteroatoms. The fourth-order valence-electron chi connectivity index (χ4n) is 1.74. The van der Waals surface area contributed by atoms with Crippen LogP contribution in [-0.2, 0) is 4.79 Å². The van der Waals surface area contributed by atoms with E-state index in [1.165, 1.54) is 19.2 Å². The molecule has 0 aliphatic carbocycles. The van der Waals surface area contributed by atoms with Crippen molar-refractivity contribution in [1.29, 1.82) is 0 Å². The summed E-state index contributed by atoms with van der Waals surface area (Å²) in [5.41, 5.74) is -0.377. The molecule has 1 aromatic rings. The number of nitro groups is 1. The van der Waals surface area contributed by atoms with Gasteiger partial charge in [-0.15, -0.1) is 0 Å². The SMILES string of the molecule is CCC(C(=O)O)N(C)C(=O)c1cc([N+](=O)[O-])ccc1Cl. The van der Waals surface area contributed by atoms with Crippen molar-refractivity contribution < 1.29 is 19.6 Å². The van der Waals surface area contributed by atoms with Crippen molar-refractivity contribution >= 4 is 29.2 Å². The molecule has 1 amide bonds. The summed E-state index contributed by atoms with van der Waals surface area (Å²) in [4.78, 5) is 34.3. The first kappa shape index (κ1) is 15.9. The third kappa shape index (κ3) is 3.24. The van der Waals surface area contributed by atoms with E-state index < -0.39 is 22.8 Å². The van der Waals surface area contributed by atoms with Crippen molar-refractivity contribution in [1.82, 2.24) is 4.90 Å². The predicted octanol–water partition coefficient (Wildman–Crippen LogP) is 2.18. The predicted molar refractivity (Wildman–Crippen MR) is 71.9 cm³/mol. The summed E-state index contributed by atoms with van der Waals surface area (Å²) in [7, 11) is 1.32. The van der Waals surface area contributed by atoms with E-state index in [1.54, 1.807) is 6.92 Å². The highest BCUT2D eigenvalue weighted by atomic mass is 35.5. The van der Waals surface area contributed by atoms with Crippen molar-refractivity contribution in [3.05, 3.63) is 38.9 Å². The quantitative estimate of drug-likeness (QED) is 0.663. The standard InChI is InChI=1S/C12H13ClN2O5/c1-3-10(12(17)18)14(2)11(16)8-6-7(15(19)20)4-5-9(8)13/h4-6,10H,3H2,1-2H3,(H,17,18). The van der Waals surface area contributed by atoms with E-state index in [2.05, 4.69) is 0 Å². The topological polar surface area (TPSA) is 101 Å². The van der Waals surface area contributed by atoms with E-state index in [4.69, 9.17) is 16.7 Å². The number of aliphatic carboxylic acids is 1. The van der Waals surface area contributed by atoms with Gasteiger partial charge in [0, 0.05) is 19.2 Å². The average Bonchev–Trinajstić information content (AvgIpc) is 2.38. The molecule has 0 aliphatic rings. The highest BCUT2D eigenvalue weighted by molar-refractivity contribution is 6.34. The van der Waals surface area contributed by atoms with E-state index in [0.717, 1.165) is 11.0 Å². The van der Waals surface area contributed by atoms with Crippen LogP contribution in [0.1, 0.15) is 23.7 Å². The summed E-state index contributed by atoms with van der Waals surface area (Å²) in [5, 5.41) is 19.8. The molecule has 0 radical (unpaired) electrons. The molecule has 1 N–H and O–H groups in total. The van der Waals surface area contributed by atoms with E-state index in [0.29, 0.717) is 0 Å². The molecule has 1 unspecified atom stereocenters. The number of non-ortho nitro benzene ring substituents is 1. The second-order valence-corrected chi connectivity index (χ2v) is 4.51. The van der Waals surface area contributed by atoms with Crippen LogP contribution in [0.4, 0.5) is 5.69 Å². The zero-order valence-corrected chi connectivity index (χ0v) is 11.6. The smallest absolute Gasteiger partial charge is 0.326 e. The number of hydrogen-bond donors (Lipinski definition) is 1. The number of amides is 1. The van der Waals surface area contributed by atoms with E-state index >= 15 is 0 Å². The number of halogens is 1. The van der Waals surface area contributed by atoms with Crippen molar-refractivity contribution in [2.45, 2.75) is 19.4 Å². The molecule has 20 heavy (non-hydrogen) atoms. The first-order valence-corrected chi connectivity index (χ1v) is 6.11. The molecule has 0 saturated heterocycles. The Balaban J connectivity index is 3.17. The molecule has 1 aromatic carbocycles. The first-order chi connectivity index (χ1) is 9.29. The maximum Gasteiger partial charge on any atom is 0.326 e. The Hall–Kier alpha value is -2.15. The number of carbonyl (C=O) groups is 2. The Morgan fingerprint density at radius 2 is 2.10 bits per heavy atom. The Morgan fingerprint density at radius 3 is 2.55 bits per heavy atom. The molecule has 108 valence electrons. The third-order valence-corrected chi connectivity index (χ3v) is 3.18. The summed E-state index contributed by atoms with van der Waals surface area (Å²) in [6.45, 7) is 1.62. The van der Waals surface area contributed by atoms with Crippen molar-refractivity contribution in [2.24, 2.45) is 0 Å². The molecule has 0 heterocycles. The average molecular weight is 301 g/mol. The van der Waals surface area contributed by atoms with Gasteiger partial charge in [0.25, 0.3) is 11.6 Å². The van der Waals surface area contributed by atoms with Gasteiger partial charge in [-0.3, -0.25) is 14.9 Å². The molecule has 0 fully saturated rings. The maximum atomic E-state index is 12.2. The molecule has 0 aliphatic heterocycles. The van der Waals surface area contributed by atoms with E-state index in [9.17, 15) is 19.7 Å². The van der Waals surface area contributed by atoms with Gasteiger partial charge in [-0.25, -0.2) is 4.79 Å². The van der Waals surface area contributed by atoms with E-state index in [1.807, 2.05) is 0 Å². The highest BCUT2D eigenvalue weighted by Crippen LogP contribution is 2.24. The number of carbonyl (C=O) groups excluding carboxylic acids is 1. The fraction of sp³-hybridized carbons (Fsp3) is 0.333. The molecule has 7 nitrogen and oxygen atoms in total. The monoisotopic (exact) mass is 300 g/mol. The Labute approximate surface area is 119 Å². The summed E-state index contributed by atoms with van der Waals surface area (Å²) < 4.78 is 0. The number of carboxylic acid groups (broad SMARTS) is 1. The zero-order valence-electron chi connectivity index (χ0n) is 10.9.